The number of rotatable bonds is 7. The Kier molecular flexibility index (Phi) is 6.80. The fraction of sp³-hybridized carbons (Fsp3) is 0.524. The molecular formula is C21H30N2O2. The second kappa shape index (κ2) is 8.84. The first-order valence-electron chi connectivity index (χ1n) is 9.26. The molecule has 4 heteroatoms. The first-order valence-corrected chi connectivity index (χ1v) is 9.26. The molecule has 4 nitrogen and oxygen atoms in total. The molecule has 0 spiro atoms. The number of hydrogen-bond acceptors (Lipinski definition) is 2. The standard InChI is InChI=1S/C21H30N2O2/c1-5-20(24)23-14-6-7-19(23)17-10-12-18(13-11-17)21(25)22-16(4)9-8-15(2)3/h5,10-13,15-16,19H,1,6-9,14H2,2-4H3,(H,22,25). The summed E-state index contributed by atoms with van der Waals surface area (Å²) in [5.41, 5.74) is 1.75. The normalized spacial score (nSPS) is 18.2. The zero-order valence-corrected chi connectivity index (χ0v) is 15.6. The van der Waals surface area contributed by atoms with Gasteiger partial charge >= 0.3 is 0 Å². The molecule has 2 rings (SSSR count). The summed E-state index contributed by atoms with van der Waals surface area (Å²) in [5, 5.41) is 3.06. The van der Waals surface area contributed by atoms with Crippen molar-refractivity contribution < 1.29 is 9.59 Å². The van der Waals surface area contributed by atoms with E-state index in [2.05, 4.69) is 25.7 Å². The molecule has 0 aliphatic carbocycles. The third-order valence-corrected chi connectivity index (χ3v) is 4.82. The van der Waals surface area contributed by atoms with Gasteiger partial charge < -0.3 is 10.2 Å². The summed E-state index contributed by atoms with van der Waals surface area (Å²) in [6.45, 7) is 10.8. The van der Waals surface area contributed by atoms with Gasteiger partial charge in [0.1, 0.15) is 0 Å². The van der Waals surface area contributed by atoms with E-state index in [1.807, 2.05) is 36.1 Å². The number of amides is 2. The first-order chi connectivity index (χ1) is 11.9. The molecule has 1 N–H and O–H groups in total. The highest BCUT2D eigenvalue weighted by molar-refractivity contribution is 5.94. The van der Waals surface area contributed by atoms with E-state index < -0.39 is 0 Å². The average molecular weight is 342 g/mol. The summed E-state index contributed by atoms with van der Waals surface area (Å²) < 4.78 is 0. The summed E-state index contributed by atoms with van der Waals surface area (Å²) >= 11 is 0. The third kappa shape index (κ3) is 5.18. The molecule has 1 fully saturated rings. The lowest BCUT2D eigenvalue weighted by Crippen LogP contribution is -2.32. The van der Waals surface area contributed by atoms with Gasteiger partial charge in [-0.25, -0.2) is 0 Å². The van der Waals surface area contributed by atoms with E-state index in [0.29, 0.717) is 11.5 Å². The van der Waals surface area contributed by atoms with Gasteiger partial charge in [-0.15, -0.1) is 0 Å². The lowest BCUT2D eigenvalue weighted by Gasteiger charge is -2.24. The van der Waals surface area contributed by atoms with Gasteiger partial charge in [-0.1, -0.05) is 32.6 Å². The molecule has 1 heterocycles. The molecule has 2 amide bonds. The highest BCUT2D eigenvalue weighted by atomic mass is 16.2. The van der Waals surface area contributed by atoms with Crippen LogP contribution in [0, 0.1) is 5.92 Å². The van der Waals surface area contributed by atoms with Crippen molar-refractivity contribution in [2.75, 3.05) is 6.54 Å². The number of nitrogens with one attached hydrogen (secondary N) is 1. The summed E-state index contributed by atoms with van der Waals surface area (Å²) in [4.78, 5) is 26.2. The van der Waals surface area contributed by atoms with Gasteiger partial charge in [0.2, 0.25) is 5.91 Å². The van der Waals surface area contributed by atoms with Gasteiger partial charge in [0.25, 0.3) is 5.91 Å². The molecule has 2 atom stereocenters. The lowest BCUT2D eigenvalue weighted by atomic mass is 10.0. The van der Waals surface area contributed by atoms with Gasteiger partial charge in [-0.05, 0) is 62.3 Å². The van der Waals surface area contributed by atoms with Crippen LogP contribution in [0.2, 0.25) is 0 Å². The Morgan fingerprint density at radius 1 is 1.24 bits per heavy atom. The zero-order chi connectivity index (χ0) is 18.4. The van der Waals surface area contributed by atoms with Crippen LogP contribution in [0.5, 0.6) is 0 Å². The predicted molar refractivity (Wildman–Crippen MR) is 101 cm³/mol. The number of carbonyl (C=O) groups is 2. The van der Waals surface area contributed by atoms with Crippen molar-refractivity contribution in [2.24, 2.45) is 5.92 Å². The van der Waals surface area contributed by atoms with E-state index in [9.17, 15) is 9.59 Å². The molecule has 25 heavy (non-hydrogen) atoms. The molecular weight excluding hydrogens is 312 g/mol. The van der Waals surface area contributed by atoms with E-state index in [0.717, 1.165) is 37.8 Å². The predicted octanol–water partition coefficient (Wildman–Crippen LogP) is 4.09. The Balaban J connectivity index is 1.98. The average Bonchev–Trinajstić information content (AvgIpc) is 3.09. The van der Waals surface area contributed by atoms with E-state index in [1.165, 1.54) is 6.08 Å². The Morgan fingerprint density at radius 3 is 2.52 bits per heavy atom. The van der Waals surface area contributed by atoms with Crippen molar-refractivity contribution in [3.63, 3.8) is 0 Å². The summed E-state index contributed by atoms with van der Waals surface area (Å²) in [5.74, 6) is 0.586. The fourth-order valence-corrected chi connectivity index (χ4v) is 3.31. The van der Waals surface area contributed by atoms with Crippen LogP contribution < -0.4 is 5.32 Å². The quantitative estimate of drug-likeness (QED) is 0.759. The van der Waals surface area contributed by atoms with Crippen molar-refractivity contribution in [3.8, 4) is 0 Å². The third-order valence-electron chi connectivity index (χ3n) is 4.82. The molecule has 1 aromatic carbocycles. The molecule has 0 bridgehead atoms. The van der Waals surface area contributed by atoms with Crippen LogP contribution in [0.3, 0.4) is 0 Å². The van der Waals surface area contributed by atoms with Crippen LogP contribution in [0.1, 0.15) is 68.4 Å². The fourth-order valence-electron chi connectivity index (χ4n) is 3.31. The Morgan fingerprint density at radius 2 is 1.92 bits per heavy atom. The maximum absolute atomic E-state index is 12.4. The number of nitrogens with zero attached hydrogens (tertiary/aromatic N) is 1. The minimum atomic E-state index is -0.0340. The maximum Gasteiger partial charge on any atom is 0.251 e. The van der Waals surface area contributed by atoms with Crippen LogP contribution in [0.25, 0.3) is 0 Å². The zero-order valence-electron chi connectivity index (χ0n) is 15.6. The Bertz CT molecular complexity index is 607. The van der Waals surface area contributed by atoms with Gasteiger partial charge in [-0.3, -0.25) is 9.59 Å². The van der Waals surface area contributed by atoms with Crippen LogP contribution in [-0.2, 0) is 4.79 Å². The molecule has 1 saturated heterocycles. The molecule has 1 aliphatic heterocycles. The summed E-state index contributed by atoms with van der Waals surface area (Å²) in [6, 6.07) is 7.90. The van der Waals surface area contributed by atoms with Crippen molar-refractivity contribution in [3.05, 3.63) is 48.0 Å². The maximum atomic E-state index is 12.4. The molecule has 1 aliphatic rings. The van der Waals surface area contributed by atoms with Crippen molar-refractivity contribution in [1.82, 2.24) is 10.2 Å². The van der Waals surface area contributed by atoms with Crippen LogP contribution in [0.15, 0.2) is 36.9 Å². The topological polar surface area (TPSA) is 49.4 Å². The monoisotopic (exact) mass is 342 g/mol. The summed E-state index contributed by atoms with van der Waals surface area (Å²) in [7, 11) is 0. The van der Waals surface area contributed by atoms with Crippen LogP contribution in [-0.4, -0.2) is 29.3 Å². The highest BCUT2D eigenvalue weighted by Crippen LogP contribution is 2.32. The second-order valence-corrected chi connectivity index (χ2v) is 7.36. The summed E-state index contributed by atoms with van der Waals surface area (Å²) in [6.07, 6.45) is 5.42. The van der Waals surface area contributed by atoms with E-state index >= 15 is 0 Å². The number of benzene rings is 1. The van der Waals surface area contributed by atoms with Gasteiger partial charge in [-0.2, -0.15) is 0 Å². The minimum absolute atomic E-state index is 0.0247. The largest absolute Gasteiger partial charge is 0.350 e. The minimum Gasteiger partial charge on any atom is -0.350 e. The SMILES string of the molecule is C=CC(=O)N1CCCC1c1ccc(C(=O)NC(C)CCC(C)C)cc1. The number of hydrogen-bond donors (Lipinski definition) is 1. The molecule has 2 unspecified atom stereocenters. The molecule has 136 valence electrons. The first kappa shape index (κ1) is 19.2. The molecule has 0 radical (unpaired) electrons. The van der Waals surface area contributed by atoms with Crippen molar-refractivity contribution >= 4 is 11.8 Å². The smallest absolute Gasteiger partial charge is 0.251 e. The number of likely N-dealkylation sites (tertiary alicyclic amines) is 1. The van der Waals surface area contributed by atoms with E-state index in [1.54, 1.807) is 0 Å². The highest BCUT2D eigenvalue weighted by Gasteiger charge is 2.28. The van der Waals surface area contributed by atoms with Crippen LogP contribution >= 0.6 is 0 Å². The Labute approximate surface area is 151 Å². The molecule has 0 aromatic heterocycles. The second-order valence-electron chi connectivity index (χ2n) is 7.36. The van der Waals surface area contributed by atoms with E-state index in [4.69, 9.17) is 0 Å². The van der Waals surface area contributed by atoms with Gasteiger partial charge in [0.15, 0.2) is 0 Å². The van der Waals surface area contributed by atoms with Crippen molar-refractivity contribution in [1.29, 1.82) is 0 Å². The van der Waals surface area contributed by atoms with Crippen molar-refractivity contribution in [2.45, 2.75) is 58.5 Å². The van der Waals surface area contributed by atoms with Gasteiger partial charge in [0.05, 0.1) is 6.04 Å². The lowest BCUT2D eigenvalue weighted by molar-refractivity contribution is -0.126. The Hall–Kier alpha value is -2.10. The van der Waals surface area contributed by atoms with Gasteiger partial charge in [0, 0.05) is 18.2 Å². The van der Waals surface area contributed by atoms with Crippen LogP contribution in [0.4, 0.5) is 0 Å². The van der Waals surface area contributed by atoms with E-state index in [-0.39, 0.29) is 23.9 Å². The molecule has 1 aromatic rings. The number of carbonyl (C=O) groups excluding carboxylic acids is 2. The molecule has 0 saturated carbocycles.